The number of rotatable bonds is 5. The van der Waals surface area contributed by atoms with Crippen molar-refractivity contribution in [2.75, 3.05) is 6.61 Å². The fourth-order valence-electron chi connectivity index (χ4n) is 1.51. The van der Waals surface area contributed by atoms with Crippen LogP contribution in [0.1, 0.15) is 12.8 Å². The Hall–Kier alpha value is -0.380. The number of hydrogen-bond donors (Lipinski definition) is 4. The van der Waals surface area contributed by atoms with Gasteiger partial charge in [0.2, 0.25) is 0 Å². The number of aliphatic hydroxyl groups excluding tert-OH is 2. The highest BCUT2D eigenvalue weighted by atomic mass is 127. The van der Waals surface area contributed by atoms with Crippen LogP contribution in [0, 0.1) is 5.41 Å². The largest absolute Gasteiger partial charge is 0.394 e. The molecular weight excluding hydrogens is 325 g/mol. The van der Waals surface area contributed by atoms with Crippen LogP contribution in [0.2, 0.25) is 0 Å². The number of alkyl halides is 1. The second-order valence-electron chi connectivity index (χ2n) is 3.50. The third-order valence-electron chi connectivity index (χ3n) is 2.29. The molecule has 0 saturated carbocycles. The minimum absolute atomic E-state index is 0.0158. The second kappa shape index (κ2) is 6.38. The zero-order valence-electron chi connectivity index (χ0n) is 8.71. The third kappa shape index (κ3) is 3.89. The lowest BCUT2D eigenvalue weighted by Gasteiger charge is -2.28. The molecule has 1 fully saturated rings. The van der Waals surface area contributed by atoms with E-state index in [1.807, 2.05) is 22.6 Å². The predicted molar refractivity (Wildman–Crippen MR) is 67.9 cm³/mol. The van der Waals surface area contributed by atoms with Crippen molar-refractivity contribution < 1.29 is 14.9 Å². The molecule has 1 aliphatic rings. The van der Waals surface area contributed by atoms with Gasteiger partial charge in [-0.25, -0.2) is 0 Å². The van der Waals surface area contributed by atoms with Crippen LogP contribution in [0.3, 0.4) is 0 Å². The number of aliphatic hydroxyl groups is 2. The molecule has 1 heterocycles. The fourth-order valence-corrected chi connectivity index (χ4v) is 2.06. The smallest absolute Gasteiger partial charge is 0.181 e. The molecule has 1 aliphatic heterocycles. The maximum Gasteiger partial charge on any atom is 0.181 e. The molecule has 0 aromatic rings. The molecule has 0 radical (unpaired) electrons. The highest BCUT2D eigenvalue weighted by Crippen LogP contribution is 2.25. The molecule has 92 valence electrons. The molecule has 1 saturated heterocycles. The number of nitrogens with zero attached hydrogens (tertiary/aromatic N) is 1. The Morgan fingerprint density at radius 2 is 2.38 bits per heavy atom. The molecule has 6 nitrogen and oxygen atoms in total. The van der Waals surface area contributed by atoms with E-state index in [0.29, 0.717) is 0 Å². The summed E-state index contributed by atoms with van der Waals surface area (Å²) in [6, 6.07) is 0. The van der Waals surface area contributed by atoms with Gasteiger partial charge in [-0.15, -0.1) is 0 Å². The normalized spacial score (nSPS) is 27.2. The zero-order chi connectivity index (χ0) is 12.1. The summed E-state index contributed by atoms with van der Waals surface area (Å²) in [5.74, 6) is -0.0845. The average molecular weight is 341 g/mol. The summed E-state index contributed by atoms with van der Waals surface area (Å²) in [6.07, 6.45) is 3.96. The maximum atomic E-state index is 9.55. The summed E-state index contributed by atoms with van der Waals surface area (Å²) in [7, 11) is 0. The first-order valence-electron chi connectivity index (χ1n) is 4.92. The standard InChI is InChI=1S/C9H16IN3O3/c10-9(15)13(4-3-7(11)12)8-2-1-6(5-14)16-8/h3-4,6,8-9,14-15H,1-2,5H2,(H3,11,12)/b4-3-/t6-,8+,9+/m0/s1. The highest BCUT2D eigenvalue weighted by Gasteiger charge is 2.30. The van der Waals surface area contributed by atoms with Crippen LogP contribution < -0.4 is 5.73 Å². The fraction of sp³-hybridized carbons (Fsp3) is 0.667. The number of nitrogens with two attached hydrogens (primary N) is 1. The Morgan fingerprint density at radius 3 is 2.81 bits per heavy atom. The lowest BCUT2D eigenvalue weighted by atomic mass is 10.2. The van der Waals surface area contributed by atoms with Gasteiger partial charge >= 0.3 is 0 Å². The van der Waals surface area contributed by atoms with Crippen molar-refractivity contribution in [1.82, 2.24) is 4.90 Å². The maximum absolute atomic E-state index is 9.55. The van der Waals surface area contributed by atoms with Gasteiger partial charge in [0.1, 0.15) is 12.1 Å². The Labute approximate surface area is 108 Å². The first-order valence-corrected chi connectivity index (χ1v) is 6.17. The lowest BCUT2D eigenvalue weighted by molar-refractivity contribution is -0.0779. The first-order chi connectivity index (χ1) is 7.54. The topological polar surface area (TPSA) is 103 Å². The zero-order valence-corrected chi connectivity index (χ0v) is 10.9. The Morgan fingerprint density at radius 1 is 1.69 bits per heavy atom. The summed E-state index contributed by atoms with van der Waals surface area (Å²) in [5, 5.41) is 25.6. The van der Waals surface area contributed by atoms with Crippen LogP contribution in [0.25, 0.3) is 0 Å². The highest BCUT2D eigenvalue weighted by molar-refractivity contribution is 14.1. The van der Waals surface area contributed by atoms with Gasteiger partial charge in [-0.1, -0.05) is 0 Å². The van der Waals surface area contributed by atoms with Crippen LogP contribution in [0.5, 0.6) is 0 Å². The van der Waals surface area contributed by atoms with Crippen molar-refractivity contribution in [3.8, 4) is 0 Å². The molecule has 7 heteroatoms. The van der Waals surface area contributed by atoms with Gasteiger partial charge in [0.25, 0.3) is 0 Å². The van der Waals surface area contributed by atoms with Gasteiger partial charge in [0, 0.05) is 6.20 Å². The van der Waals surface area contributed by atoms with Gasteiger partial charge in [-0.3, -0.25) is 5.41 Å². The van der Waals surface area contributed by atoms with Crippen LogP contribution >= 0.6 is 22.6 Å². The van der Waals surface area contributed by atoms with Crippen LogP contribution in [0.4, 0.5) is 0 Å². The van der Waals surface area contributed by atoms with Crippen molar-refractivity contribution in [3.05, 3.63) is 12.3 Å². The monoisotopic (exact) mass is 341 g/mol. The molecule has 5 N–H and O–H groups in total. The summed E-state index contributed by atoms with van der Waals surface area (Å²) in [5.41, 5.74) is 5.20. The van der Waals surface area contributed by atoms with Crippen LogP contribution in [0.15, 0.2) is 12.3 Å². The number of halogens is 1. The number of ether oxygens (including phenoxy) is 1. The predicted octanol–water partition coefficient (Wildman–Crippen LogP) is -0.0536. The molecule has 0 aromatic heterocycles. The molecule has 0 bridgehead atoms. The third-order valence-corrected chi connectivity index (χ3v) is 2.94. The minimum atomic E-state index is -0.754. The van der Waals surface area contributed by atoms with Crippen molar-refractivity contribution in [2.24, 2.45) is 5.73 Å². The van der Waals surface area contributed by atoms with E-state index in [1.54, 1.807) is 4.90 Å². The van der Waals surface area contributed by atoms with Gasteiger partial charge < -0.3 is 25.6 Å². The van der Waals surface area contributed by atoms with Gasteiger partial charge in [-0.05, 0) is 41.5 Å². The van der Waals surface area contributed by atoms with Gasteiger partial charge in [0.05, 0.1) is 12.7 Å². The van der Waals surface area contributed by atoms with E-state index in [-0.39, 0.29) is 24.8 Å². The summed E-state index contributed by atoms with van der Waals surface area (Å²) >= 11 is 1.84. The summed E-state index contributed by atoms with van der Waals surface area (Å²) in [4.78, 5) is 1.57. The average Bonchev–Trinajstić information content (AvgIpc) is 2.65. The summed E-state index contributed by atoms with van der Waals surface area (Å²) in [6.45, 7) is -0.0158. The quantitative estimate of drug-likeness (QED) is 0.140. The lowest BCUT2D eigenvalue weighted by Crippen LogP contribution is -2.36. The van der Waals surface area contributed by atoms with Crippen molar-refractivity contribution in [2.45, 2.75) is 29.4 Å². The molecule has 0 amide bonds. The van der Waals surface area contributed by atoms with Crippen LogP contribution in [-0.2, 0) is 4.74 Å². The van der Waals surface area contributed by atoms with E-state index in [0.717, 1.165) is 12.8 Å². The molecule has 0 spiro atoms. The Balaban J connectivity index is 2.61. The molecule has 16 heavy (non-hydrogen) atoms. The molecule has 0 aromatic carbocycles. The Kier molecular flexibility index (Phi) is 5.46. The first kappa shape index (κ1) is 13.7. The van der Waals surface area contributed by atoms with E-state index < -0.39 is 4.23 Å². The van der Waals surface area contributed by atoms with Crippen LogP contribution in [-0.4, -0.2) is 44.1 Å². The molecule has 1 rings (SSSR count). The van der Waals surface area contributed by atoms with E-state index in [4.69, 9.17) is 21.0 Å². The Bertz CT molecular complexity index is 273. The number of hydrogen-bond acceptors (Lipinski definition) is 5. The van der Waals surface area contributed by atoms with E-state index in [2.05, 4.69) is 0 Å². The molecule has 3 atom stereocenters. The van der Waals surface area contributed by atoms with Crippen molar-refractivity contribution in [1.29, 1.82) is 5.41 Å². The van der Waals surface area contributed by atoms with Crippen molar-refractivity contribution in [3.63, 3.8) is 0 Å². The van der Waals surface area contributed by atoms with Gasteiger partial charge in [0.15, 0.2) is 4.23 Å². The minimum Gasteiger partial charge on any atom is -0.394 e. The van der Waals surface area contributed by atoms with Gasteiger partial charge in [-0.2, -0.15) is 0 Å². The number of nitrogens with one attached hydrogen (secondary N) is 1. The SMILES string of the molecule is N=C(N)/C=C\N([C@H](O)I)[C@H]1CC[C@@H](CO)O1. The van der Waals surface area contributed by atoms with E-state index in [1.165, 1.54) is 12.3 Å². The molecular formula is C9H16IN3O3. The number of amidine groups is 1. The molecule has 0 unspecified atom stereocenters. The van der Waals surface area contributed by atoms with E-state index >= 15 is 0 Å². The summed E-state index contributed by atoms with van der Waals surface area (Å²) < 4.78 is 4.76. The molecule has 0 aliphatic carbocycles. The van der Waals surface area contributed by atoms with E-state index in [9.17, 15) is 5.11 Å². The van der Waals surface area contributed by atoms with Crippen molar-refractivity contribution >= 4 is 28.4 Å². The second-order valence-corrected chi connectivity index (χ2v) is 4.62.